The van der Waals surface area contributed by atoms with E-state index < -0.39 is 18.5 Å². The van der Waals surface area contributed by atoms with Gasteiger partial charge in [0.2, 0.25) is 0 Å². The van der Waals surface area contributed by atoms with Crippen molar-refractivity contribution < 1.29 is 14.3 Å². The van der Waals surface area contributed by atoms with Crippen LogP contribution in [0.4, 0.5) is 5.69 Å². The summed E-state index contributed by atoms with van der Waals surface area (Å²) in [4.78, 5) is 27.2. The number of amides is 1. The normalized spacial score (nSPS) is 11.0. The van der Waals surface area contributed by atoms with Crippen molar-refractivity contribution in [3.05, 3.63) is 70.5 Å². The van der Waals surface area contributed by atoms with Gasteiger partial charge in [0.15, 0.2) is 18.1 Å². The molecular weight excluding hydrogens is 444 g/mol. The van der Waals surface area contributed by atoms with Crippen molar-refractivity contribution in [1.29, 1.82) is 5.26 Å². The largest absolute Gasteiger partial charge is 0.451 e. The smallest absolute Gasteiger partial charge is 0.357 e. The molecule has 3 aromatic rings. The van der Waals surface area contributed by atoms with E-state index in [4.69, 9.17) is 21.6 Å². The lowest BCUT2D eigenvalue weighted by Gasteiger charge is -2.22. The van der Waals surface area contributed by atoms with E-state index in [1.807, 2.05) is 43.3 Å². The lowest BCUT2D eigenvalue weighted by Crippen LogP contribution is -2.35. The van der Waals surface area contributed by atoms with Gasteiger partial charge in [0, 0.05) is 17.3 Å². The Labute approximate surface area is 195 Å². The van der Waals surface area contributed by atoms with Gasteiger partial charge in [-0.2, -0.15) is 9.94 Å². The molecule has 0 radical (unpaired) electrons. The van der Waals surface area contributed by atoms with Crippen LogP contribution in [0, 0.1) is 25.2 Å². The van der Waals surface area contributed by atoms with Crippen LogP contribution in [0.5, 0.6) is 0 Å². The SMILES string of the molecule is Cc1cc(N(CCC#N)C(=O)COC(=O)/C(=C/c2ccccc2)n2nnnc2C)ccc1Cl. The lowest BCUT2D eigenvalue weighted by atomic mass is 10.2. The number of nitriles is 1. The number of carbonyl (C=O) groups is 2. The molecule has 1 aromatic heterocycles. The number of esters is 1. The number of hydrogen-bond acceptors (Lipinski definition) is 7. The highest BCUT2D eigenvalue weighted by atomic mass is 35.5. The molecule has 9 nitrogen and oxygen atoms in total. The monoisotopic (exact) mass is 464 g/mol. The first-order valence-electron chi connectivity index (χ1n) is 10.0. The topological polar surface area (TPSA) is 114 Å². The number of hydrogen-bond donors (Lipinski definition) is 0. The van der Waals surface area contributed by atoms with E-state index >= 15 is 0 Å². The Balaban J connectivity index is 1.81. The average molecular weight is 465 g/mol. The van der Waals surface area contributed by atoms with Gasteiger partial charge < -0.3 is 9.64 Å². The number of anilines is 1. The maximum atomic E-state index is 12.9. The Morgan fingerprint density at radius 3 is 2.61 bits per heavy atom. The molecule has 2 aromatic carbocycles. The molecule has 0 aliphatic rings. The quantitative estimate of drug-likeness (QED) is 0.370. The molecule has 10 heteroatoms. The second-order valence-electron chi connectivity index (χ2n) is 7.04. The number of aryl methyl sites for hydroxylation is 2. The van der Waals surface area contributed by atoms with Gasteiger partial charge in [0.05, 0.1) is 12.5 Å². The third-order valence-corrected chi connectivity index (χ3v) is 5.12. The minimum absolute atomic E-state index is 0.0578. The molecule has 0 unspecified atom stereocenters. The van der Waals surface area contributed by atoms with Crippen LogP contribution in [0.15, 0.2) is 48.5 Å². The van der Waals surface area contributed by atoms with Gasteiger partial charge in [0.25, 0.3) is 5.91 Å². The Bertz CT molecular complexity index is 1220. The van der Waals surface area contributed by atoms with Crippen molar-refractivity contribution >= 4 is 40.9 Å². The molecule has 0 aliphatic carbocycles. The first-order valence-corrected chi connectivity index (χ1v) is 10.4. The highest BCUT2D eigenvalue weighted by Crippen LogP contribution is 2.23. The third-order valence-electron chi connectivity index (χ3n) is 4.69. The molecule has 0 atom stereocenters. The van der Waals surface area contributed by atoms with Crippen molar-refractivity contribution in [2.45, 2.75) is 20.3 Å². The van der Waals surface area contributed by atoms with Crippen molar-refractivity contribution in [2.75, 3.05) is 18.1 Å². The Morgan fingerprint density at radius 1 is 1.21 bits per heavy atom. The second-order valence-corrected chi connectivity index (χ2v) is 7.45. The molecule has 33 heavy (non-hydrogen) atoms. The summed E-state index contributed by atoms with van der Waals surface area (Å²) < 4.78 is 6.58. The summed E-state index contributed by atoms with van der Waals surface area (Å²) in [5, 5.41) is 20.8. The predicted molar refractivity (Wildman–Crippen MR) is 123 cm³/mol. The van der Waals surface area contributed by atoms with E-state index in [9.17, 15) is 9.59 Å². The first kappa shape index (κ1) is 23.6. The van der Waals surface area contributed by atoms with Crippen LogP contribution >= 0.6 is 11.6 Å². The van der Waals surface area contributed by atoms with E-state index in [1.165, 1.54) is 9.58 Å². The first-order chi connectivity index (χ1) is 15.9. The fraction of sp³-hybridized carbons (Fsp3) is 0.217. The number of benzene rings is 2. The van der Waals surface area contributed by atoms with E-state index in [2.05, 4.69) is 15.5 Å². The van der Waals surface area contributed by atoms with Crippen LogP contribution < -0.4 is 4.90 Å². The molecule has 0 fully saturated rings. The van der Waals surface area contributed by atoms with Crippen molar-refractivity contribution in [3.8, 4) is 6.07 Å². The van der Waals surface area contributed by atoms with Gasteiger partial charge in [0.1, 0.15) is 0 Å². The molecule has 0 saturated carbocycles. The van der Waals surface area contributed by atoms with Crippen molar-refractivity contribution in [1.82, 2.24) is 20.2 Å². The average Bonchev–Trinajstić information content (AvgIpc) is 3.24. The van der Waals surface area contributed by atoms with Crippen LogP contribution in [-0.2, 0) is 14.3 Å². The van der Waals surface area contributed by atoms with Gasteiger partial charge in [-0.15, -0.1) is 5.10 Å². The van der Waals surface area contributed by atoms with Gasteiger partial charge in [-0.1, -0.05) is 41.9 Å². The molecule has 1 heterocycles. The number of rotatable bonds is 8. The van der Waals surface area contributed by atoms with Crippen LogP contribution in [0.3, 0.4) is 0 Å². The molecule has 0 spiro atoms. The molecule has 1 amide bonds. The van der Waals surface area contributed by atoms with Crippen LogP contribution in [0.25, 0.3) is 11.8 Å². The van der Waals surface area contributed by atoms with E-state index in [0.717, 1.165) is 11.1 Å². The van der Waals surface area contributed by atoms with E-state index in [0.29, 0.717) is 16.5 Å². The number of carbonyl (C=O) groups excluding carboxylic acids is 2. The molecule has 0 bridgehead atoms. The zero-order chi connectivity index (χ0) is 23.8. The molecule has 3 rings (SSSR count). The Morgan fingerprint density at radius 2 is 1.97 bits per heavy atom. The van der Waals surface area contributed by atoms with Crippen LogP contribution in [0.2, 0.25) is 5.02 Å². The molecule has 168 valence electrons. The molecule has 0 N–H and O–H groups in total. The van der Waals surface area contributed by atoms with Crippen molar-refractivity contribution in [2.24, 2.45) is 0 Å². The van der Waals surface area contributed by atoms with Gasteiger partial charge in [-0.05, 0) is 59.7 Å². The Kier molecular flexibility index (Phi) is 7.89. The standard InChI is InChI=1S/C23H21ClN6O3/c1-16-13-19(9-10-20(16)24)29(12-6-11-25)22(31)15-33-23(32)21(30-17(2)26-27-28-30)14-18-7-4-3-5-8-18/h3-5,7-10,13-14H,6,12,15H2,1-2H3/b21-14-. The van der Waals surface area contributed by atoms with Crippen molar-refractivity contribution in [3.63, 3.8) is 0 Å². The van der Waals surface area contributed by atoms with Gasteiger partial charge >= 0.3 is 5.97 Å². The van der Waals surface area contributed by atoms with Gasteiger partial charge in [-0.3, -0.25) is 4.79 Å². The van der Waals surface area contributed by atoms with Gasteiger partial charge in [-0.25, -0.2) is 4.79 Å². The Hall–Kier alpha value is -4.03. The number of ether oxygens (including phenoxy) is 1. The number of nitrogens with zero attached hydrogens (tertiary/aromatic N) is 6. The van der Waals surface area contributed by atoms with E-state index in [1.54, 1.807) is 31.2 Å². The zero-order valence-corrected chi connectivity index (χ0v) is 18.9. The summed E-state index contributed by atoms with van der Waals surface area (Å²) in [5.41, 5.74) is 2.13. The highest BCUT2D eigenvalue weighted by Gasteiger charge is 2.22. The number of aromatic nitrogens is 4. The lowest BCUT2D eigenvalue weighted by molar-refractivity contribution is -0.142. The maximum absolute atomic E-state index is 12.9. The zero-order valence-electron chi connectivity index (χ0n) is 18.1. The minimum atomic E-state index is -0.768. The summed E-state index contributed by atoms with van der Waals surface area (Å²) in [7, 11) is 0. The maximum Gasteiger partial charge on any atom is 0.357 e. The molecule has 0 saturated heterocycles. The minimum Gasteiger partial charge on any atom is -0.451 e. The number of tetrazole rings is 1. The summed E-state index contributed by atoms with van der Waals surface area (Å²) in [5.74, 6) is -0.865. The summed E-state index contributed by atoms with van der Waals surface area (Å²) >= 11 is 6.09. The van der Waals surface area contributed by atoms with Crippen LogP contribution in [0.1, 0.15) is 23.4 Å². The van der Waals surface area contributed by atoms with E-state index in [-0.39, 0.29) is 18.7 Å². The summed E-state index contributed by atoms with van der Waals surface area (Å²) in [6, 6.07) is 16.2. The second kappa shape index (κ2) is 11.0. The summed E-state index contributed by atoms with van der Waals surface area (Å²) in [6.07, 6.45) is 1.69. The van der Waals surface area contributed by atoms with Crippen LogP contribution in [-0.4, -0.2) is 45.2 Å². The highest BCUT2D eigenvalue weighted by molar-refractivity contribution is 6.31. The summed E-state index contributed by atoms with van der Waals surface area (Å²) in [6.45, 7) is 3.07. The number of halogens is 1. The fourth-order valence-electron chi connectivity index (χ4n) is 3.00. The predicted octanol–water partition coefficient (Wildman–Crippen LogP) is 3.43. The molecule has 0 aliphatic heterocycles. The fourth-order valence-corrected chi connectivity index (χ4v) is 3.12. The molecular formula is C23H21ClN6O3. The third kappa shape index (κ3) is 6.02.